The smallest absolute Gasteiger partial charge is 0.205 e. The van der Waals surface area contributed by atoms with Crippen LogP contribution in [0.5, 0.6) is 0 Å². The normalized spacial score (nSPS) is 15.8. The molecule has 0 atom stereocenters. The number of aromatic nitrogens is 5. The highest BCUT2D eigenvalue weighted by Gasteiger charge is 2.25. The largest absolute Gasteiger partial charge is 0.347 e. The predicted octanol–water partition coefficient (Wildman–Crippen LogP) is 3.09. The van der Waals surface area contributed by atoms with E-state index in [0.717, 1.165) is 48.3 Å². The van der Waals surface area contributed by atoms with E-state index in [1.807, 2.05) is 11.6 Å². The molecule has 0 radical (unpaired) electrons. The molecule has 3 heterocycles. The Kier molecular flexibility index (Phi) is 3.97. The van der Waals surface area contributed by atoms with Gasteiger partial charge in [-0.3, -0.25) is 0 Å². The molecule has 3 aromatic rings. The lowest BCUT2D eigenvalue weighted by Crippen LogP contribution is -2.35. The Hall–Kier alpha value is -2.35. The van der Waals surface area contributed by atoms with E-state index < -0.39 is 0 Å². The van der Waals surface area contributed by atoms with Crippen LogP contribution >= 0.6 is 11.5 Å². The van der Waals surface area contributed by atoms with Crippen LogP contribution in [0, 0.1) is 12.7 Å². The fourth-order valence-corrected chi connectivity index (χ4v) is 3.76. The summed E-state index contributed by atoms with van der Waals surface area (Å²) >= 11 is 1.45. The number of aryl methyl sites for hydroxylation is 1. The Morgan fingerprint density at radius 1 is 1.17 bits per heavy atom. The monoisotopic (exact) mass is 344 g/mol. The molecule has 0 spiro atoms. The van der Waals surface area contributed by atoms with Gasteiger partial charge < -0.3 is 4.90 Å². The number of halogens is 1. The molecular weight excluding hydrogens is 327 g/mol. The summed E-state index contributed by atoms with van der Waals surface area (Å²) < 4.78 is 19.4. The molecule has 24 heavy (non-hydrogen) atoms. The van der Waals surface area contributed by atoms with E-state index in [-0.39, 0.29) is 11.9 Å². The van der Waals surface area contributed by atoms with Gasteiger partial charge >= 0.3 is 0 Å². The van der Waals surface area contributed by atoms with Crippen LogP contribution in [-0.2, 0) is 0 Å². The number of hydrogen-bond acceptors (Lipinski definition) is 6. The molecule has 0 saturated carbocycles. The van der Waals surface area contributed by atoms with Gasteiger partial charge in [-0.2, -0.15) is 9.47 Å². The first kappa shape index (κ1) is 15.2. The van der Waals surface area contributed by atoms with Gasteiger partial charge in [0, 0.05) is 30.2 Å². The number of piperidine rings is 1. The van der Waals surface area contributed by atoms with Crippen LogP contribution < -0.4 is 4.90 Å². The molecule has 0 N–H and O–H groups in total. The van der Waals surface area contributed by atoms with Crippen molar-refractivity contribution >= 4 is 16.7 Å². The number of hydrogen-bond donors (Lipinski definition) is 0. The van der Waals surface area contributed by atoms with Gasteiger partial charge in [0.1, 0.15) is 18.0 Å². The molecule has 1 aromatic carbocycles. The zero-order chi connectivity index (χ0) is 16.5. The summed E-state index contributed by atoms with van der Waals surface area (Å²) in [6.07, 6.45) is 3.51. The van der Waals surface area contributed by atoms with E-state index in [2.05, 4.69) is 24.3 Å². The first-order valence-electron chi connectivity index (χ1n) is 7.91. The van der Waals surface area contributed by atoms with Gasteiger partial charge in [-0.1, -0.05) is 0 Å². The summed E-state index contributed by atoms with van der Waals surface area (Å²) in [6.45, 7) is 3.75. The Bertz CT molecular complexity index is 819. The number of rotatable bonds is 3. The van der Waals surface area contributed by atoms with Gasteiger partial charge in [0.15, 0.2) is 5.82 Å². The van der Waals surface area contributed by atoms with E-state index in [9.17, 15) is 4.39 Å². The maximum Gasteiger partial charge on any atom is 0.205 e. The van der Waals surface area contributed by atoms with Crippen molar-refractivity contribution in [2.75, 3.05) is 18.0 Å². The third kappa shape index (κ3) is 2.89. The van der Waals surface area contributed by atoms with Gasteiger partial charge in [-0.15, -0.1) is 0 Å². The number of anilines is 1. The minimum absolute atomic E-state index is 0.245. The van der Waals surface area contributed by atoms with Crippen molar-refractivity contribution in [3.63, 3.8) is 0 Å². The lowest BCUT2D eigenvalue weighted by molar-refractivity contribution is 0.369. The first-order valence-corrected chi connectivity index (χ1v) is 8.69. The Balaban J connectivity index is 1.50. The summed E-state index contributed by atoms with van der Waals surface area (Å²) in [4.78, 5) is 11.1. The van der Waals surface area contributed by atoms with Crippen LogP contribution in [0.2, 0.25) is 0 Å². The fourth-order valence-electron chi connectivity index (χ4n) is 3.04. The summed E-state index contributed by atoms with van der Waals surface area (Å²) in [6, 6.07) is 6.69. The zero-order valence-corrected chi connectivity index (χ0v) is 14.1. The van der Waals surface area contributed by atoms with E-state index in [1.165, 1.54) is 23.7 Å². The van der Waals surface area contributed by atoms with Crippen molar-refractivity contribution in [2.24, 2.45) is 0 Å². The van der Waals surface area contributed by atoms with Crippen molar-refractivity contribution in [1.29, 1.82) is 0 Å². The van der Waals surface area contributed by atoms with E-state index in [4.69, 9.17) is 0 Å². The summed E-state index contributed by atoms with van der Waals surface area (Å²) in [5, 5.41) is 5.40. The third-order valence-corrected chi connectivity index (χ3v) is 5.14. The minimum Gasteiger partial charge on any atom is -0.347 e. The second-order valence-corrected chi connectivity index (χ2v) is 6.61. The molecule has 4 rings (SSSR count). The molecule has 0 unspecified atom stereocenters. The van der Waals surface area contributed by atoms with E-state index in [0.29, 0.717) is 0 Å². The molecule has 0 aliphatic carbocycles. The zero-order valence-electron chi connectivity index (χ0n) is 13.3. The SMILES string of the molecule is Cc1nsc(N2CCC(n3ncnc3-c3ccc(F)cc3)CC2)n1. The van der Waals surface area contributed by atoms with Crippen molar-refractivity contribution in [3.8, 4) is 11.4 Å². The first-order chi connectivity index (χ1) is 11.7. The summed E-state index contributed by atoms with van der Waals surface area (Å²) in [5.41, 5.74) is 0.885. The Morgan fingerprint density at radius 3 is 2.58 bits per heavy atom. The molecule has 1 aliphatic heterocycles. The van der Waals surface area contributed by atoms with Gasteiger partial charge in [-0.25, -0.2) is 19.0 Å². The molecule has 1 fully saturated rings. The maximum absolute atomic E-state index is 13.1. The highest BCUT2D eigenvalue weighted by atomic mass is 32.1. The third-order valence-electron chi connectivity index (χ3n) is 4.27. The van der Waals surface area contributed by atoms with Gasteiger partial charge in [0.25, 0.3) is 0 Å². The molecule has 0 bridgehead atoms. The quantitative estimate of drug-likeness (QED) is 0.731. The topological polar surface area (TPSA) is 59.7 Å². The maximum atomic E-state index is 13.1. The minimum atomic E-state index is -0.245. The molecular formula is C16H17FN6S. The fraction of sp³-hybridized carbons (Fsp3) is 0.375. The van der Waals surface area contributed by atoms with Crippen LogP contribution in [0.25, 0.3) is 11.4 Å². The Labute approximate surface area is 143 Å². The molecule has 124 valence electrons. The van der Waals surface area contributed by atoms with Crippen molar-refractivity contribution in [1.82, 2.24) is 24.1 Å². The number of nitrogens with zero attached hydrogens (tertiary/aromatic N) is 6. The van der Waals surface area contributed by atoms with Crippen molar-refractivity contribution in [2.45, 2.75) is 25.8 Å². The van der Waals surface area contributed by atoms with Gasteiger partial charge in [-0.05, 0) is 44.0 Å². The van der Waals surface area contributed by atoms with Crippen LogP contribution in [0.15, 0.2) is 30.6 Å². The summed E-state index contributed by atoms with van der Waals surface area (Å²) in [5.74, 6) is 1.37. The van der Waals surface area contributed by atoms with Crippen LogP contribution in [0.1, 0.15) is 24.7 Å². The summed E-state index contributed by atoms with van der Waals surface area (Å²) in [7, 11) is 0. The molecule has 1 aliphatic rings. The van der Waals surface area contributed by atoms with Crippen LogP contribution in [0.3, 0.4) is 0 Å². The molecule has 8 heteroatoms. The standard InChI is InChI=1S/C16H17FN6S/c1-11-20-16(24-21-11)22-8-6-14(7-9-22)23-15(18-10-19-23)12-2-4-13(17)5-3-12/h2-5,10,14H,6-9H2,1H3. The van der Waals surface area contributed by atoms with Gasteiger partial charge in [0.2, 0.25) is 5.13 Å². The second kappa shape index (κ2) is 6.27. The molecule has 2 aromatic heterocycles. The lowest BCUT2D eigenvalue weighted by atomic mass is 10.1. The highest BCUT2D eigenvalue weighted by Crippen LogP contribution is 2.29. The second-order valence-electron chi connectivity index (χ2n) is 5.88. The lowest BCUT2D eigenvalue weighted by Gasteiger charge is -2.31. The Morgan fingerprint density at radius 2 is 1.92 bits per heavy atom. The molecule has 6 nitrogen and oxygen atoms in total. The highest BCUT2D eigenvalue weighted by molar-refractivity contribution is 7.09. The van der Waals surface area contributed by atoms with Crippen molar-refractivity contribution < 1.29 is 4.39 Å². The average molecular weight is 344 g/mol. The predicted molar refractivity (Wildman–Crippen MR) is 90.5 cm³/mol. The number of benzene rings is 1. The van der Waals surface area contributed by atoms with Crippen molar-refractivity contribution in [3.05, 3.63) is 42.2 Å². The van der Waals surface area contributed by atoms with E-state index in [1.54, 1.807) is 18.5 Å². The van der Waals surface area contributed by atoms with Gasteiger partial charge in [0.05, 0.1) is 6.04 Å². The van der Waals surface area contributed by atoms with Crippen LogP contribution in [-0.4, -0.2) is 37.2 Å². The molecule has 0 amide bonds. The average Bonchev–Trinajstić information content (AvgIpc) is 3.25. The van der Waals surface area contributed by atoms with Crippen LogP contribution in [0.4, 0.5) is 9.52 Å². The van der Waals surface area contributed by atoms with E-state index >= 15 is 0 Å². The molecule has 1 saturated heterocycles.